The van der Waals surface area contributed by atoms with Gasteiger partial charge in [-0.3, -0.25) is 14.9 Å². The van der Waals surface area contributed by atoms with Crippen LogP contribution in [-0.2, 0) is 16.0 Å². The number of hydrogen-bond donors (Lipinski definition) is 2. The molecular formula is C11H11NO6. The zero-order valence-electron chi connectivity index (χ0n) is 9.49. The molecule has 1 atom stereocenters. The van der Waals surface area contributed by atoms with E-state index in [1.54, 1.807) is 0 Å². The van der Waals surface area contributed by atoms with Crippen LogP contribution in [0.25, 0.3) is 0 Å². The third-order valence-corrected chi connectivity index (χ3v) is 2.30. The zero-order chi connectivity index (χ0) is 13.9. The van der Waals surface area contributed by atoms with E-state index in [2.05, 4.69) is 0 Å². The fourth-order valence-corrected chi connectivity index (χ4v) is 1.60. The summed E-state index contributed by atoms with van der Waals surface area (Å²) in [5.74, 6) is -1.88. The number of hydrogen-bond acceptors (Lipinski definition) is 5. The Hall–Kier alpha value is -2.28. The summed E-state index contributed by atoms with van der Waals surface area (Å²) in [7, 11) is 0. The van der Waals surface area contributed by atoms with Crippen LogP contribution in [0.4, 0.5) is 5.69 Å². The molecule has 2 N–H and O–H groups in total. The van der Waals surface area contributed by atoms with Gasteiger partial charge < -0.3 is 10.2 Å². The Morgan fingerprint density at radius 1 is 1.44 bits per heavy atom. The highest BCUT2D eigenvalue weighted by atomic mass is 16.6. The normalized spacial score (nSPS) is 11.9. The lowest BCUT2D eigenvalue weighted by Crippen LogP contribution is -2.14. The van der Waals surface area contributed by atoms with Crippen LogP contribution < -0.4 is 0 Å². The molecule has 0 amide bonds. The van der Waals surface area contributed by atoms with Crippen molar-refractivity contribution >= 4 is 17.4 Å². The molecule has 1 aromatic rings. The Balaban J connectivity index is 3.39. The number of aliphatic hydroxyl groups is 1. The summed E-state index contributed by atoms with van der Waals surface area (Å²) in [5, 5.41) is 29.0. The number of carbonyl (C=O) groups is 2. The molecule has 0 aromatic heterocycles. The quantitative estimate of drug-likeness (QED) is 0.593. The Bertz CT molecular complexity index is 510. The fourth-order valence-electron chi connectivity index (χ4n) is 1.60. The Morgan fingerprint density at radius 2 is 2.06 bits per heavy atom. The first-order valence-electron chi connectivity index (χ1n) is 5.01. The van der Waals surface area contributed by atoms with Crippen molar-refractivity contribution < 1.29 is 24.7 Å². The molecule has 1 rings (SSSR count). The number of nitro groups is 1. The number of aliphatic carboxylic acids is 1. The number of aliphatic hydroxyl groups excluding tert-OH is 1. The number of carboxylic acids is 1. The number of nitro benzene ring substituents is 1. The van der Waals surface area contributed by atoms with Gasteiger partial charge in [0.05, 0.1) is 10.5 Å². The molecule has 0 radical (unpaired) electrons. The minimum Gasteiger partial charge on any atom is -0.479 e. The zero-order valence-corrected chi connectivity index (χ0v) is 9.49. The summed E-state index contributed by atoms with van der Waals surface area (Å²) < 4.78 is 0. The highest BCUT2D eigenvalue weighted by Gasteiger charge is 2.28. The number of para-hydroxylation sites is 1. The van der Waals surface area contributed by atoms with Crippen molar-refractivity contribution in [2.75, 3.05) is 0 Å². The van der Waals surface area contributed by atoms with E-state index in [4.69, 9.17) is 5.11 Å². The third-order valence-electron chi connectivity index (χ3n) is 2.30. The van der Waals surface area contributed by atoms with Crippen molar-refractivity contribution in [1.29, 1.82) is 0 Å². The monoisotopic (exact) mass is 253 g/mol. The van der Waals surface area contributed by atoms with Crippen molar-refractivity contribution in [3.05, 3.63) is 39.4 Å². The van der Waals surface area contributed by atoms with Crippen molar-refractivity contribution in [2.45, 2.75) is 19.4 Å². The number of Topliss-reactive ketones (excluding diaryl/α,β-unsaturated/α-hetero) is 1. The lowest BCUT2D eigenvalue weighted by Gasteiger charge is -2.09. The Morgan fingerprint density at radius 3 is 2.50 bits per heavy atom. The minimum atomic E-state index is -1.99. The van der Waals surface area contributed by atoms with Gasteiger partial charge in [0, 0.05) is 12.0 Å². The van der Waals surface area contributed by atoms with Crippen LogP contribution in [-0.4, -0.2) is 26.9 Å². The molecule has 0 aliphatic rings. The predicted octanol–water partition coefficient (Wildman–Crippen LogP) is 0.844. The second kappa shape index (κ2) is 5.37. The highest BCUT2D eigenvalue weighted by molar-refractivity contribution is 5.81. The lowest BCUT2D eigenvalue weighted by molar-refractivity contribution is -0.386. The first-order valence-corrected chi connectivity index (χ1v) is 5.01. The molecule has 0 aliphatic heterocycles. The van der Waals surface area contributed by atoms with Crippen LogP contribution in [0, 0.1) is 10.1 Å². The van der Waals surface area contributed by atoms with E-state index in [1.165, 1.54) is 19.1 Å². The molecule has 0 saturated carbocycles. The van der Waals surface area contributed by atoms with Gasteiger partial charge in [-0.2, -0.15) is 0 Å². The SMILES string of the molecule is CC(=O)Cc1cccc(C(O)C(=O)O)c1[N+](=O)[O-]. The maximum Gasteiger partial charge on any atom is 0.337 e. The van der Waals surface area contributed by atoms with E-state index >= 15 is 0 Å². The van der Waals surface area contributed by atoms with Crippen molar-refractivity contribution in [1.82, 2.24) is 0 Å². The van der Waals surface area contributed by atoms with Crippen LogP contribution in [0.2, 0.25) is 0 Å². The van der Waals surface area contributed by atoms with Gasteiger partial charge in [-0.1, -0.05) is 12.1 Å². The molecular weight excluding hydrogens is 242 g/mol. The first kappa shape index (κ1) is 13.8. The van der Waals surface area contributed by atoms with E-state index < -0.39 is 22.7 Å². The molecule has 0 saturated heterocycles. The van der Waals surface area contributed by atoms with E-state index in [0.29, 0.717) is 0 Å². The smallest absolute Gasteiger partial charge is 0.337 e. The van der Waals surface area contributed by atoms with Gasteiger partial charge in [-0.25, -0.2) is 4.79 Å². The molecule has 0 fully saturated rings. The van der Waals surface area contributed by atoms with E-state index in [9.17, 15) is 24.8 Å². The second-order valence-corrected chi connectivity index (χ2v) is 3.73. The lowest BCUT2D eigenvalue weighted by atomic mass is 9.99. The maximum absolute atomic E-state index is 11.0. The standard InChI is InChI=1S/C11H11NO6/c1-6(13)5-7-3-2-4-8(9(7)12(17)18)10(14)11(15)16/h2-4,10,14H,5H2,1H3,(H,15,16). The van der Waals surface area contributed by atoms with Crippen molar-refractivity contribution in [3.63, 3.8) is 0 Å². The van der Waals surface area contributed by atoms with Crippen molar-refractivity contribution in [2.24, 2.45) is 0 Å². The number of benzene rings is 1. The van der Waals surface area contributed by atoms with Crippen LogP contribution in [0.15, 0.2) is 18.2 Å². The summed E-state index contributed by atoms with van der Waals surface area (Å²) in [5.41, 5.74) is -0.765. The largest absolute Gasteiger partial charge is 0.479 e. The van der Waals surface area contributed by atoms with Crippen LogP contribution >= 0.6 is 0 Å². The van der Waals surface area contributed by atoms with Crippen LogP contribution in [0.3, 0.4) is 0 Å². The molecule has 0 spiro atoms. The highest BCUT2D eigenvalue weighted by Crippen LogP contribution is 2.29. The summed E-state index contributed by atoms with van der Waals surface area (Å²) in [6.45, 7) is 1.27. The number of rotatable bonds is 5. The molecule has 7 nitrogen and oxygen atoms in total. The fraction of sp³-hybridized carbons (Fsp3) is 0.273. The number of nitrogens with zero attached hydrogens (tertiary/aromatic N) is 1. The first-order chi connectivity index (χ1) is 8.34. The van der Waals surface area contributed by atoms with Gasteiger partial charge >= 0.3 is 5.97 Å². The molecule has 0 heterocycles. The minimum absolute atomic E-state index is 0.0882. The van der Waals surface area contributed by atoms with Gasteiger partial charge in [0.25, 0.3) is 5.69 Å². The summed E-state index contributed by atoms with van der Waals surface area (Å²) in [6, 6.07) is 3.88. The number of carboxylic acid groups (broad SMARTS) is 1. The third kappa shape index (κ3) is 2.89. The molecule has 0 aliphatic carbocycles. The van der Waals surface area contributed by atoms with Crippen LogP contribution in [0.5, 0.6) is 0 Å². The van der Waals surface area contributed by atoms with Gasteiger partial charge in [0.1, 0.15) is 5.78 Å². The predicted molar refractivity (Wildman–Crippen MR) is 60.1 cm³/mol. The summed E-state index contributed by atoms with van der Waals surface area (Å²) >= 11 is 0. The van der Waals surface area contributed by atoms with Gasteiger partial charge in [0.15, 0.2) is 6.10 Å². The molecule has 96 valence electrons. The van der Waals surface area contributed by atoms with E-state index in [-0.39, 0.29) is 23.3 Å². The maximum atomic E-state index is 11.0. The molecule has 18 heavy (non-hydrogen) atoms. The van der Waals surface area contributed by atoms with Crippen LogP contribution in [0.1, 0.15) is 24.2 Å². The van der Waals surface area contributed by atoms with Gasteiger partial charge in [0.2, 0.25) is 0 Å². The molecule has 1 unspecified atom stereocenters. The van der Waals surface area contributed by atoms with E-state index in [0.717, 1.165) is 6.07 Å². The second-order valence-electron chi connectivity index (χ2n) is 3.73. The Labute approximate surface area is 102 Å². The van der Waals surface area contributed by atoms with E-state index in [1.807, 2.05) is 0 Å². The topological polar surface area (TPSA) is 118 Å². The summed E-state index contributed by atoms with van der Waals surface area (Å²) in [4.78, 5) is 31.8. The number of carbonyl (C=O) groups excluding carboxylic acids is 1. The average molecular weight is 253 g/mol. The van der Waals surface area contributed by atoms with Crippen molar-refractivity contribution in [3.8, 4) is 0 Å². The Kier molecular flexibility index (Phi) is 4.11. The number of ketones is 1. The average Bonchev–Trinajstić information content (AvgIpc) is 2.26. The molecule has 0 bridgehead atoms. The molecule has 7 heteroatoms. The van der Waals surface area contributed by atoms with Gasteiger partial charge in [-0.15, -0.1) is 0 Å². The summed E-state index contributed by atoms with van der Waals surface area (Å²) in [6.07, 6.45) is -2.17. The van der Waals surface area contributed by atoms with Gasteiger partial charge in [-0.05, 0) is 13.0 Å². The molecule has 1 aromatic carbocycles.